The highest BCUT2D eigenvalue weighted by atomic mass is 16.1. The summed E-state index contributed by atoms with van der Waals surface area (Å²) in [6, 6.07) is 0. The molecule has 1 rings (SSSR count). The molecule has 0 fully saturated rings. The van der Waals surface area contributed by atoms with Crippen molar-refractivity contribution in [2.75, 3.05) is 23.7 Å². The Morgan fingerprint density at radius 3 is 2.38 bits per heavy atom. The molecule has 4 N–H and O–H groups in total. The van der Waals surface area contributed by atoms with E-state index in [-0.39, 0.29) is 17.9 Å². The highest BCUT2D eigenvalue weighted by Gasteiger charge is 2.23. The average Bonchev–Trinajstić information content (AvgIpc) is 2.36. The molecule has 118 valence electrons. The normalized spacial score (nSPS) is 11.5. The highest BCUT2D eigenvalue weighted by molar-refractivity contribution is 5.79. The molecule has 0 aliphatic heterocycles. The molecule has 6 nitrogen and oxygen atoms in total. The van der Waals surface area contributed by atoms with Crippen molar-refractivity contribution < 1.29 is 4.79 Å². The monoisotopic (exact) mass is 293 g/mol. The molecular weight excluding hydrogens is 266 g/mol. The smallest absolute Gasteiger partial charge is 0.236 e. The largest absolute Gasteiger partial charge is 0.383 e. The van der Waals surface area contributed by atoms with Crippen LogP contribution in [-0.2, 0) is 10.2 Å². The molecule has 0 aromatic carbocycles. The van der Waals surface area contributed by atoms with Crippen LogP contribution < -0.4 is 16.4 Å². The van der Waals surface area contributed by atoms with Crippen LogP contribution >= 0.6 is 0 Å². The lowest BCUT2D eigenvalue weighted by Crippen LogP contribution is -2.36. The third-order valence-corrected chi connectivity index (χ3v) is 3.26. The van der Waals surface area contributed by atoms with Gasteiger partial charge in [-0.1, -0.05) is 34.1 Å². The van der Waals surface area contributed by atoms with E-state index in [1.54, 1.807) is 0 Å². The zero-order chi connectivity index (χ0) is 16.2. The molecule has 1 aromatic heterocycles. The van der Waals surface area contributed by atoms with Crippen molar-refractivity contribution in [1.29, 1.82) is 0 Å². The van der Waals surface area contributed by atoms with Crippen molar-refractivity contribution in [2.45, 2.75) is 52.9 Å². The number of anilines is 2. The van der Waals surface area contributed by atoms with Crippen molar-refractivity contribution in [2.24, 2.45) is 5.73 Å². The number of unbranched alkanes of at least 4 members (excludes halogenated alkanes) is 1. The standard InChI is InChI=1S/C15H27N5O/c1-6-7-8-20(9-11(16)21)13-10(2)12(17)18-14(19-13)15(3,4)5/h6-9H2,1-5H3,(H2,16,21)(H2,17,18,19). The first-order valence-electron chi connectivity index (χ1n) is 7.34. The summed E-state index contributed by atoms with van der Waals surface area (Å²) in [5, 5.41) is 0. The Morgan fingerprint density at radius 2 is 1.90 bits per heavy atom. The van der Waals surface area contributed by atoms with Crippen LogP contribution in [0, 0.1) is 6.92 Å². The fourth-order valence-electron chi connectivity index (χ4n) is 1.96. The van der Waals surface area contributed by atoms with E-state index < -0.39 is 0 Å². The molecule has 0 unspecified atom stereocenters. The summed E-state index contributed by atoms with van der Waals surface area (Å²) >= 11 is 0. The molecule has 1 heterocycles. The fourth-order valence-corrected chi connectivity index (χ4v) is 1.96. The van der Waals surface area contributed by atoms with Gasteiger partial charge in [-0.05, 0) is 13.3 Å². The number of rotatable bonds is 6. The van der Waals surface area contributed by atoms with Gasteiger partial charge >= 0.3 is 0 Å². The molecule has 0 aliphatic rings. The lowest BCUT2D eigenvalue weighted by atomic mass is 9.95. The van der Waals surface area contributed by atoms with E-state index >= 15 is 0 Å². The van der Waals surface area contributed by atoms with Crippen molar-refractivity contribution in [3.05, 3.63) is 11.4 Å². The third-order valence-electron chi connectivity index (χ3n) is 3.26. The van der Waals surface area contributed by atoms with Gasteiger partial charge in [0.15, 0.2) is 0 Å². The minimum atomic E-state index is -0.375. The molecule has 0 spiro atoms. The molecule has 21 heavy (non-hydrogen) atoms. The van der Waals surface area contributed by atoms with Gasteiger partial charge in [-0.25, -0.2) is 9.97 Å². The molecule has 0 saturated heterocycles. The van der Waals surface area contributed by atoms with Gasteiger partial charge < -0.3 is 16.4 Å². The van der Waals surface area contributed by atoms with Crippen LogP contribution in [0.25, 0.3) is 0 Å². The van der Waals surface area contributed by atoms with Crippen LogP contribution in [0.4, 0.5) is 11.6 Å². The summed E-state index contributed by atoms with van der Waals surface area (Å²) in [5.74, 6) is 1.46. The number of carbonyl (C=O) groups excluding carboxylic acids is 1. The Labute approximate surface area is 126 Å². The number of nitrogens with zero attached hydrogens (tertiary/aromatic N) is 3. The van der Waals surface area contributed by atoms with Gasteiger partial charge in [0.1, 0.15) is 17.5 Å². The Balaban J connectivity index is 3.28. The number of amides is 1. The van der Waals surface area contributed by atoms with Gasteiger partial charge in [0, 0.05) is 17.5 Å². The van der Waals surface area contributed by atoms with E-state index in [9.17, 15) is 4.79 Å². The van der Waals surface area contributed by atoms with Crippen molar-refractivity contribution >= 4 is 17.5 Å². The number of hydrogen-bond donors (Lipinski definition) is 2. The molecule has 0 aliphatic carbocycles. The summed E-state index contributed by atoms with van der Waals surface area (Å²) in [5.41, 5.74) is 12.0. The number of nitrogen functional groups attached to an aromatic ring is 1. The summed E-state index contributed by atoms with van der Waals surface area (Å²) in [7, 11) is 0. The Kier molecular flexibility index (Phi) is 5.52. The molecule has 6 heteroatoms. The number of nitrogens with two attached hydrogens (primary N) is 2. The third kappa shape index (κ3) is 4.58. The molecule has 1 aromatic rings. The van der Waals surface area contributed by atoms with Crippen molar-refractivity contribution in [1.82, 2.24) is 9.97 Å². The van der Waals surface area contributed by atoms with E-state index in [1.807, 2.05) is 32.6 Å². The van der Waals surface area contributed by atoms with E-state index in [1.165, 1.54) is 0 Å². The van der Waals surface area contributed by atoms with Gasteiger partial charge in [0.2, 0.25) is 5.91 Å². The Hall–Kier alpha value is -1.85. The summed E-state index contributed by atoms with van der Waals surface area (Å²) in [4.78, 5) is 22.2. The minimum absolute atomic E-state index is 0.140. The zero-order valence-electron chi connectivity index (χ0n) is 13.7. The second-order valence-electron chi connectivity index (χ2n) is 6.37. The van der Waals surface area contributed by atoms with Crippen LogP contribution in [0.1, 0.15) is 51.9 Å². The van der Waals surface area contributed by atoms with E-state index in [4.69, 9.17) is 11.5 Å². The number of carbonyl (C=O) groups is 1. The second kappa shape index (κ2) is 6.74. The van der Waals surface area contributed by atoms with Crippen LogP contribution in [0.3, 0.4) is 0 Å². The van der Waals surface area contributed by atoms with Crippen LogP contribution in [0.2, 0.25) is 0 Å². The van der Waals surface area contributed by atoms with Crippen LogP contribution in [0.15, 0.2) is 0 Å². The fraction of sp³-hybridized carbons (Fsp3) is 0.667. The van der Waals surface area contributed by atoms with Crippen LogP contribution in [0.5, 0.6) is 0 Å². The predicted molar refractivity (Wildman–Crippen MR) is 86.2 cm³/mol. The van der Waals surface area contributed by atoms with E-state index in [0.717, 1.165) is 24.9 Å². The minimum Gasteiger partial charge on any atom is -0.383 e. The number of hydrogen-bond acceptors (Lipinski definition) is 5. The molecular formula is C15H27N5O. The summed E-state index contributed by atoms with van der Waals surface area (Å²) < 4.78 is 0. The van der Waals surface area contributed by atoms with Crippen molar-refractivity contribution in [3.8, 4) is 0 Å². The maximum Gasteiger partial charge on any atom is 0.236 e. The lowest BCUT2D eigenvalue weighted by molar-refractivity contribution is -0.116. The molecule has 0 saturated carbocycles. The Bertz CT molecular complexity index is 508. The van der Waals surface area contributed by atoms with Crippen LogP contribution in [-0.4, -0.2) is 29.0 Å². The molecule has 0 bridgehead atoms. The predicted octanol–water partition coefficient (Wildman–Crippen LogP) is 1.76. The second-order valence-corrected chi connectivity index (χ2v) is 6.37. The quantitative estimate of drug-likeness (QED) is 0.832. The van der Waals surface area contributed by atoms with E-state index in [2.05, 4.69) is 16.9 Å². The van der Waals surface area contributed by atoms with Crippen molar-refractivity contribution in [3.63, 3.8) is 0 Å². The van der Waals surface area contributed by atoms with E-state index in [0.29, 0.717) is 17.5 Å². The first kappa shape index (κ1) is 17.2. The number of primary amides is 1. The van der Waals surface area contributed by atoms with Gasteiger partial charge in [-0.3, -0.25) is 4.79 Å². The lowest BCUT2D eigenvalue weighted by Gasteiger charge is -2.27. The SMILES string of the molecule is CCCCN(CC(N)=O)c1nc(C(C)(C)C)nc(N)c1C. The average molecular weight is 293 g/mol. The van der Waals surface area contributed by atoms with Gasteiger partial charge in [-0.2, -0.15) is 0 Å². The first-order chi connectivity index (χ1) is 9.66. The van der Waals surface area contributed by atoms with Gasteiger partial charge in [-0.15, -0.1) is 0 Å². The maximum atomic E-state index is 11.3. The first-order valence-corrected chi connectivity index (χ1v) is 7.34. The molecule has 0 atom stereocenters. The topological polar surface area (TPSA) is 98.1 Å². The van der Waals surface area contributed by atoms with Gasteiger partial charge in [0.05, 0.1) is 6.54 Å². The highest BCUT2D eigenvalue weighted by Crippen LogP contribution is 2.27. The Morgan fingerprint density at radius 1 is 1.29 bits per heavy atom. The summed E-state index contributed by atoms with van der Waals surface area (Å²) in [6.07, 6.45) is 1.99. The molecule has 0 radical (unpaired) electrons. The summed E-state index contributed by atoms with van der Waals surface area (Å²) in [6.45, 7) is 10.9. The molecule has 1 amide bonds. The van der Waals surface area contributed by atoms with Gasteiger partial charge in [0.25, 0.3) is 0 Å². The number of aromatic nitrogens is 2. The maximum absolute atomic E-state index is 11.3. The zero-order valence-corrected chi connectivity index (χ0v) is 13.7.